The molecule has 1 unspecified atom stereocenters. The molecule has 0 saturated carbocycles. The number of nitrogens with two attached hydrogens (primary N) is 1. The maximum Gasteiger partial charge on any atom is 0.0951 e. The molecule has 0 fully saturated rings. The van der Waals surface area contributed by atoms with E-state index in [-0.39, 0.29) is 5.92 Å². The first kappa shape index (κ1) is 12.2. The number of pyridine rings is 1. The molecule has 0 radical (unpaired) electrons. The molecule has 0 aliphatic carbocycles. The lowest BCUT2D eigenvalue weighted by Gasteiger charge is -2.22. The Bertz CT molecular complexity index is 600. The van der Waals surface area contributed by atoms with Gasteiger partial charge in [0, 0.05) is 30.9 Å². The Labute approximate surface area is 107 Å². The molecule has 4 heteroatoms. The number of nitrogens with zero attached hydrogens (tertiary/aromatic N) is 3. The van der Waals surface area contributed by atoms with Crippen LogP contribution >= 0.6 is 0 Å². The molecule has 1 aromatic heterocycles. The highest BCUT2D eigenvalue weighted by atomic mass is 15.1. The van der Waals surface area contributed by atoms with Gasteiger partial charge in [-0.3, -0.25) is 4.98 Å². The summed E-state index contributed by atoms with van der Waals surface area (Å²) in [6.45, 7) is 2.60. The first-order chi connectivity index (χ1) is 8.63. The van der Waals surface area contributed by atoms with Crippen molar-refractivity contribution >= 4 is 22.3 Å². The molecular weight excluding hydrogens is 224 g/mol. The third-order valence-corrected chi connectivity index (χ3v) is 2.96. The predicted molar refractivity (Wildman–Crippen MR) is 74.2 cm³/mol. The molecule has 0 saturated heterocycles. The van der Waals surface area contributed by atoms with E-state index in [1.807, 2.05) is 38.2 Å². The summed E-state index contributed by atoms with van der Waals surface area (Å²) in [5.74, 6) is -0.0146. The van der Waals surface area contributed by atoms with Crippen LogP contribution in [0.5, 0.6) is 0 Å². The second-order valence-corrected chi connectivity index (χ2v) is 4.48. The van der Waals surface area contributed by atoms with Gasteiger partial charge in [0.2, 0.25) is 0 Å². The fraction of sp³-hybridized carbons (Fsp3) is 0.286. The molecule has 1 heterocycles. The van der Waals surface area contributed by atoms with E-state index < -0.39 is 0 Å². The first-order valence-corrected chi connectivity index (χ1v) is 5.87. The quantitative estimate of drug-likeness (QED) is 0.837. The smallest absolute Gasteiger partial charge is 0.0951 e. The van der Waals surface area contributed by atoms with Crippen molar-refractivity contribution < 1.29 is 0 Å². The highest BCUT2D eigenvalue weighted by molar-refractivity contribution is 5.97. The number of nitrogen functional groups attached to an aromatic ring is 1. The minimum Gasteiger partial charge on any atom is -0.397 e. The summed E-state index contributed by atoms with van der Waals surface area (Å²) in [5, 5.41) is 9.90. The summed E-state index contributed by atoms with van der Waals surface area (Å²) in [6.07, 6.45) is 1.75. The fourth-order valence-electron chi connectivity index (χ4n) is 2.07. The number of anilines is 2. The molecule has 1 aromatic carbocycles. The van der Waals surface area contributed by atoms with Crippen molar-refractivity contribution in [3.05, 3.63) is 30.5 Å². The first-order valence-electron chi connectivity index (χ1n) is 5.87. The lowest BCUT2D eigenvalue weighted by atomic mass is 10.1. The highest BCUT2D eigenvalue weighted by Crippen LogP contribution is 2.27. The number of benzene rings is 1. The van der Waals surface area contributed by atoms with Crippen molar-refractivity contribution in [1.82, 2.24) is 4.98 Å². The van der Waals surface area contributed by atoms with Gasteiger partial charge in [-0.05, 0) is 19.1 Å². The van der Waals surface area contributed by atoms with E-state index in [0.29, 0.717) is 12.2 Å². The zero-order valence-electron chi connectivity index (χ0n) is 10.6. The maximum absolute atomic E-state index is 8.88. The van der Waals surface area contributed by atoms with Gasteiger partial charge < -0.3 is 10.6 Å². The zero-order chi connectivity index (χ0) is 13.1. The third kappa shape index (κ3) is 2.21. The van der Waals surface area contributed by atoms with Crippen LogP contribution in [0.15, 0.2) is 30.5 Å². The van der Waals surface area contributed by atoms with Crippen molar-refractivity contribution in [2.24, 2.45) is 5.92 Å². The standard InChI is InChI=1S/C14H16N4/c1-10(8-15)9-18(2)13-6-7-17-14-11(13)4-3-5-12(14)16/h3-7,10H,9,16H2,1-2H3. The summed E-state index contributed by atoms with van der Waals surface area (Å²) in [5.41, 5.74) is 8.46. The molecule has 0 spiro atoms. The minimum atomic E-state index is -0.0146. The fourth-order valence-corrected chi connectivity index (χ4v) is 2.07. The van der Waals surface area contributed by atoms with Crippen LogP contribution in [-0.4, -0.2) is 18.6 Å². The Morgan fingerprint density at radius 1 is 1.44 bits per heavy atom. The van der Waals surface area contributed by atoms with Crippen molar-refractivity contribution in [1.29, 1.82) is 5.26 Å². The molecule has 4 nitrogen and oxygen atoms in total. The molecule has 1 atom stereocenters. The normalized spacial score (nSPS) is 12.1. The topological polar surface area (TPSA) is 65.9 Å². The third-order valence-electron chi connectivity index (χ3n) is 2.96. The average Bonchev–Trinajstić information content (AvgIpc) is 2.38. The average molecular weight is 240 g/mol. The van der Waals surface area contributed by atoms with Crippen LogP contribution in [0.2, 0.25) is 0 Å². The molecule has 0 aliphatic heterocycles. The number of fused-ring (bicyclic) bond motifs is 1. The van der Waals surface area contributed by atoms with Crippen LogP contribution in [-0.2, 0) is 0 Å². The van der Waals surface area contributed by atoms with Gasteiger partial charge in [0.15, 0.2) is 0 Å². The number of hydrogen-bond acceptors (Lipinski definition) is 4. The predicted octanol–water partition coefficient (Wildman–Crippen LogP) is 2.41. The largest absolute Gasteiger partial charge is 0.397 e. The molecule has 18 heavy (non-hydrogen) atoms. The van der Waals surface area contributed by atoms with Crippen molar-refractivity contribution in [2.45, 2.75) is 6.92 Å². The van der Waals surface area contributed by atoms with E-state index in [2.05, 4.69) is 16.0 Å². The molecule has 2 aromatic rings. The van der Waals surface area contributed by atoms with E-state index in [1.54, 1.807) is 6.20 Å². The van der Waals surface area contributed by atoms with Crippen LogP contribution in [0, 0.1) is 17.2 Å². The Morgan fingerprint density at radius 2 is 2.22 bits per heavy atom. The molecule has 0 amide bonds. The monoisotopic (exact) mass is 240 g/mol. The lowest BCUT2D eigenvalue weighted by molar-refractivity contribution is 0.717. The summed E-state index contributed by atoms with van der Waals surface area (Å²) < 4.78 is 0. The lowest BCUT2D eigenvalue weighted by Crippen LogP contribution is -2.23. The number of hydrogen-bond donors (Lipinski definition) is 1. The number of nitriles is 1. The SMILES string of the molecule is CC(C#N)CN(C)c1ccnc2c(N)cccc12. The molecular formula is C14H16N4. The van der Waals surface area contributed by atoms with Crippen molar-refractivity contribution in [3.63, 3.8) is 0 Å². The Morgan fingerprint density at radius 3 is 2.94 bits per heavy atom. The molecule has 0 bridgehead atoms. The van der Waals surface area contributed by atoms with Gasteiger partial charge in [-0.2, -0.15) is 5.26 Å². The van der Waals surface area contributed by atoms with E-state index in [4.69, 9.17) is 11.0 Å². The number of para-hydroxylation sites is 1. The van der Waals surface area contributed by atoms with Crippen LogP contribution in [0.1, 0.15) is 6.92 Å². The second kappa shape index (κ2) is 4.92. The molecule has 0 aliphatic rings. The highest BCUT2D eigenvalue weighted by Gasteiger charge is 2.10. The Hall–Kier alpha value is -2.28. The van der Waals surface area contributed by atoms with E-state index in [9.17, 15) is 0 Å². The van der Waals surface area contributed by atoms with Gasteiger partial charge in [-0.15, -0.1) is 0 Å². The molecule has 2 rings (SSSR count). The summed E-state index contributed by atoms with van der Waals surface area (Å²) in [4.78, 5) is 6.37. The van der Waals surface area contributed by atoms with Crippen LogP contribution in [0.4, 0.5) is 11.4 Å². The van der Waals surface area contributed by atoms with Gasteiger partial charge in [0.05, 0.1) is 23.2 Å². The van der Waals surface area contributed by atoms with E-state index in [0.717, 1.165) is 16.6 Å². The number of aromatic nitrogens is 1. The maximum atomic E-state index is 8.88. The molecule has 92 valence electrons. The van der Waals surface area contributed by atoms with Gasteiger partial charge in [-0.25, -0.2) is 0 Å². The summed E-state index contributed by atoms with van der Waals surface area (Å²) >= 11 is 0. The zero-order valence-corrected chi connectivity index (χ0v) is 10.6. The number of rotatable bonds is 3. The molecule has 2 N–H and O–H groups in total. The van der Waals surface area contributed by atoms with E-state index >= 15 is 0 Å². The second-order valence-electron chi connectivity index (χ2n) is 4.48. The van der Waals surface area contributed by atoms with Crippen LogP contribution < -0.4 is 10.6 Å². The van der Waals surface area contributed by atoms with Gasteiger partial charge >= 0.3 is 0 Å². The minimum absolute atomic E-state index is 0.0146. The Kier molecular flexibility index (Phi) is 3.33. The van der Waals surface area contributed by atoms with Crippen molar-refractivity contribution in [3.8, 4) is 6.07 Å². The Balaban J connectivity index is 2.46. The summed E-state index contributed by atoms with van der Waals surface area (Å²) in [6, 6.07) is 9.96. The van der Waals surface area contributed by atoms with Crippen LogP contribution in [0.25, 0.3) is 10.9 Å². The van der Waals surface area contributed by atoms with Gasteiger partial charge in [-0.1, -0.05) is 12.1 Å². The summed E-state index contributed by atoms with van der Waals surface area (Å²) in [7, 11) is 1.98. The van der Waals surface area contributed by atoms with Crippen molar-refractivity contribution in [2.75, 3.05) is 24.2 Å². The van der Waals surface area contributed by atoms with E-state index in [1.165, 1.54) is 0 Å². The van der Waals surface area contributed by atoms with Crippen LogP contribution in [0.3, 0.4) is 0 Å². The van der Waals surface area contributed by atoms with Gasteiger partial charge in [0.25, 0.3) is 0 Å². The van der Waals surface area contributed by atoms with Gasteiger partial charge in [0.1, 0.15) is 0 Å².